The van der Waals surface area contributed by atoms with Crippen molar-refractivity contribution in [1.82, 2.24) is 14.5 Å². The van der Waals surface area contributed by atoms with E-state index in [4.69, 9.17) is 0 Å². The van der Waals surface area contributed by atoms with Crippen LogP contribution in [0.15, 0.2) is 33.6 Å². The smallest absolute Gasteiger partial charge is 0.243 e. The number of hydrogen-bond donors (Lipinski definition) is 1. The van der Waals surface area contributed by atoms with Gasteiger partial charge < -0.3 is 10.2 Å². The van der Waals surface area contributed by atoms with Crippen molar-refractivity contribution in [1.29, 1.82) is 0 Å². The van der Waals surface area contributed by atoms with Crippen molar-refractivity contribution in [2.75, 3.05) is 39.8 Å². The van der Waals surface area contributed by atoms with Gasteiger partial charge in [-0.2, -0.15) is 4.31 Å². The fourth-order valence-corrected chi connectivity index (χ4v) is 4.23. The lowest BCUT2D eigenvalue weighted by atomic mass is 10.2. The first-order valence-corrected chi connectivity index (χ1v) is 10.8. The van der Waals surface area contributed by atoms with Gasteiger partial charge in [-0.1, -0.05) is 28.8 Å². The molecule has 0 unspecified atom stereocenters. The predicted molar refractivity (Wildman–Crippen MR) is 102 cm³/mol. The van der Waals surface area contributed by atoms with Crippen LogP contribution >= 0.6 is 15.9 Å². The molecule has 6 nitrogen and oxygen atoms in total. The van der Waals surface area contributed by atoms with Gasteiger partial charge in [-0.3, -0.25) is 4.79 Å². The lowest BCUT2D eigenvalue weighted by molar-refractivity contribution is -0.121. The Morgan fingerprint density at radius 2 is 1.76 bits per heavy atom. The van der Waals surface area contributed by atoms with Crippen LogP contribution < -0.4 is 5.32 Å². The minimum Gasteiger partial charge on any atom is -0.354 e. The summed E-state index contributed by atoms with van der Waals surface area (Å²) in [7, 11) is -2.24. The molecule has 1 aromatic carbocycles. The summed E-state index contributed by atoms with van der Waals surface area (Å²) in [5.41, 5.74) is 0. The van der Waals surface area contributed by atoms with Crippen molar-refractivity contribution >= 4 is 31.9 Å². The summed E-state index contributed by atoms with van der Waals surface area (Å²) >= 11 is 3.28. The lowest BCUT2D eigenvalue weighted by Crippen LogP contribution is -2.41. The number of nitrogens with one attached hydrogen (secondary N) is 1. The Kier molecular flexibility index (Phi) is 7.86. The number of carbonyl (C=O) groups excluding carboxylic acids is 1. The van der Waals surface area contributed by atoms with E-state index in [9.17, 15) is 13.2 Å². The third-order valence-corrected chi connectivity index (χ3v) is 6.68. The summed E-state index contributed by atoms with van der Waals surface area (Å²) in [6.45, 7) is 3.33. The van der Waals surface area contributed by atoms with Gasteiger partial charge in [0.05, 0.1) is 11.4 Å². The Morgan fingerprint density at radius 3 is 2.36 bits per heavy atom. The summed E-state index contributed by atoms with van der Waals surface area (Å²) in [5.74, 6) is -0.280. The highest BCUT2D eigenvalue weighted by Gasteiger charge is 2.22. The number of halogens is 1. The van der Waals surface area contributed by atoms with E-state index in [0.717, 1.165) is 28.4 Å². The van der Waals surface area contributed by atoms with Gasteiger partial charge in [0.15, 0.2) is 0 Å². The molecule has 1 amide bonds. The number of rotatable bonds is 7. The molecule has 0 spiro atoms. The molecule has 0 saturated carbocycles. The number of benzene rings is 1. The molecular weight excluding hydrogens is 406 g/mol. The number of likely N-dealkylation sites (N-methyl/N-ethyl adjacent to an activating group) is 1. The van der Waals surface area contributed by atoms with Crippen molar-refractivity contribution < 1.29 is 13.2 Å². The second kappa shape index (κ2) is 9.66. The summed E-state index contributed by atoms with van der Waals surface area (Å²) in [6, 6.07) is 6.38. The van der Waals surface area contributed by atoms with Crippen molar-refractivity contribution in [3.8, 4) is 0 Å². The Bertz CT molecular complexity index is 656. The van der Waals surface area contributed by atoms with E-state index in [0.29, 0.717) is 6.54 Å². The molecule has 1 aliphatic rings. The van der Waals surface area contributed by atoms with E-state index in [1.165, 1.54) is 44.9 Å². The van der Waals surface area contributed by atoms with E-state index in [1.54, 1.807) is 12.1 Å². The van der Waals surface area contributed by atoms with Crippen LogP contribution in [0, 0.1) is 0 Å². The number of amides is 1. The quantitative estimate of drug-likeness (QED) is 0.716. The highest BCUT2D eigenvalue weighted by Crippen LogP contribution is 2.17. The molecule has 0 aromatic heterocycles. The Labute approximate surface area is 158 Å². The monoisotopic (exact) mass is 431 g/mol. The maximum absolute atomic E-state index is 12.5. The molecular formula is C17H26BrN3O3S. The van der Waals surface area contributed by atoms with Crippen molar-refractivity contribution in [2.24, 2.45) is 0 Å². The lowest BCUT2D eigenvalue weighted by Gasteiger charge is -2.20. The second-order valence-corrected chi connectivity index (χ2v) is 9.28. The number of likely N-dealkylation sites (tertiary alicyclic amines) is 1. The maximum Gasteiger partial charge on any atom is 0.243 e. The minimum atomic E-state index is -3.66. The maximum atomic E-state index is 12.5. The molecule has 8 heteroatoms. The van der Waals surface area contributed by atoms with Crippen LogP contribution in [0.1, 0.15) is 25.7 Å². The van der Waals surface area contributed by atoms with Gasteiger partial charge in [-0.05, 0) is 50.2 Å². The first-order chi connectivity index (χ1) is 11.9. The molecule has 0 bridgehead atoms. The molecule has 25 heavy (non-hydrogen) atoms. The van der Waals surface area contributed by atoms with E-state index >= 15 is 0 Å². The zero-order chi connectivity index (χ0) is 18.3. The first-order valence-electron chi connectivity index (χ1n) is 8.60. The summed E-state index contributed by atoms with van der Waals surface area (Å²) < 4.78 is 26.8. The molecule has 0 aliphatic carbocycles. The molecule has 1 aliphatic heterocycles. The average molecular weight is 432 g/mol. The summed E-state index contributed by atoms with van der Waals surface area (Å²) in [4.78, 5) is 14.6. The van der Waals surface area contributed by atoms with Gasteiger partial charge in [-0.25, -0.2) is 8.42 Å². The Balaban J connectivity index is 1.79. The van der Waals surface area contributed by atoms with E-state index in [2.05, 4.69) is 26.1 Å². The zero-order valence-corrected chi connectivity index (χ0v) is 17.0. The molecule has 1 N–H and O–H groups in total. The van der Waals surface area contributed by atoms with Crippen LogP contribution in [-0.4, -0.2) is 63.3 Å². The molecule has 140 valence electrons. The standard InChI is InChI=1S/C17H26BrN3O3S/c1-20(25(23,24)16-8-6-15(18)7-9-16)14-17(22)19-10-13-21-11-4-2-3-5-12-21/h6-9H,2-5,10-14H2,1H3,(H,19,22). The Hall–Kier alpha value is -0.960. The minimum absolute atomic E-state index is 0.176. The molecule has 0 atom stereocenters. The highest BCUT2D eigenvalue weighted by atomic mass is 79.9. The van der Waals surface area contributed by atoms with E-state index in [-0.39, 0.29) is 17.3 Å². The van der Waals surface area contributed by atoms with Crippen LogP contribution in [0.4, 0.5) is 0 Å². The van der Waals surface area contributed by atoms with E-state index < -0.39 is 10.0 Å². The highest BCUT2D eigenvalue weighted by molar-refractivity contribution is 9.10. The van der Waals surface area contributed by atoms with Crippen molar-refractivity contribution in [2.45, 2.75) is 30.6 Å². The van der Waals surface area contributed by atoms with Crippen LogP contribution in [0.3, 0.4) is 0 Å². The van der Waals surface area contributed by atoms with Crippen LogP contribution in [-0.2, 0) is 14.8 Å². The number of nitrogens with zero attached hydrogens (tertiary/aromatic N) is 2. The Morgan fingerprint density at radius 1 is 1.16 bits per heavy atom. The molecule has 0 radical (unpaired) electrons. The van der Waals surface area contributed by atoms with Gasteiger partial charge in [0.2, 0.25) is 15.9 Å². The zero-order valence-electron chi connectivity index (χ0n) is 14.6. The molecule has 1 fully saturated rings. The van der Waals surface area contributed by atoms with Crippen LogP contribution in [0.25, 0.3) is 0 Å². The van der Waals surface area contributed by atoms with Crippen LogP contribution in [0.5, 0.6) is 0 Å². The molecule has 1 saturated heterocycles. The van der Waals surface area contributed by atoms with Crippen LogP contribution in [0.2, 0.25) is 0 Å². The summed E-state index contributed by atoms with van der Waals surface area (Å²) in [5, 5.41) is 2.82. The van der Waals surface area contributed by atoms with Gasteiger partial charge in [0.25, 0.3) is 0 Å². The molecule has 2 rings (SSSR count). The third kappa shape index (κ3) is 6.36. The van der Waals surface area contributed by atoms with Gasteiger partial charge >= 0.3 is 0 Å². The molecule has 1 aromatic rings. The van der Waals surface area contributed by atoms with Gasteiger partial charge in [0, 0.05) is 24.6 Å². The third-order valence-electron chi connectivity index (χ3n) is 4.34. The molecule has 1 heterocycles. The average Bonchev–Trinajstić information content (AvgIpc) is 2.84. The predicted octanol–water partition coefficient (Wildman–Crippen LogP) is 2.06. The van der Waals surface area contributed by atoms with Gasteiger partial charge in [-0.15, -0.1) is 0 Å². The topological polar surface area (TPSA) is 69.7 Å². The number of carbonyl (C=O) groups is 1. The van der Waals surface area contributed by atoms with E-state index in [1.807, 2.05) is 0 Å². The summed E-state index contributed by atoms with van der Waals surface area (Å²) in [6.07, 6.45) is 4.98. The largest absolute Gasteiger partial charge is 0.354 e. The van der Waals surface area contributed by atoms with Gasteiger partial charge in [0.1, 0.15) is 0 Å². The SMILES string of the molecule is CN(CC(=O)NCCN1CCCCCC1)S(=O)(=O)c1ccc(Br)cc1. The van der Waals surface area contributed by atoms with Crippen molar-refractivity contribution in [3.05, 3.63) is 28.7 Å². The first kappa shape index (κ1) is 20.4. The van der Waals surface area contributed by atoms with Crippen molar-refractivity contribution in [3.63, 3.8) is 0 Å². The normalized spacial score (nSPS) is 16.6. The fraction of sp³-hybridized carbons (Fsp3) is 0.588. The number of sulfonamides is 1. The second-order valence-electron chi connectivity index (χ2n) is 6.32. The fourth-order valence-electron chi connectivity index (χ4n) is 2.84. The number of hydrogen-bond acceptors (Lipinski definition) is 4.